The predicted octanol–water partition coefficient (Wildman–Crippen LogP) is 3.26. The molecule has 0 bridgehead atoms. The first-order valence-corrected chi connectivity index (χ1v) is 10.6. The molecule has 0 saturated carbocycles. The van der Waals surface area contributed by atoms with Crippen molar-refractivity contribution in [2.45, 2.75) is 37.6 Å². The number of fused-ring (bicyclic) bond motifs is 1. The molecule has 2 aromatic rings. The standard InChI is InChI=1S/C21H26N2O3S/c1-15(2)17-9-8-16-10-11-23(14-19(16)12-17)21(24)18-6-5-7-20(13-18)27(25,26)22(3)4/h5-9,12-13,15H,10-11,14H2,1-4H3. The van der Waals surface area contributed by atoms with Gasteiger partial charge < -0.3 is 4.90 Å². The molecule has 6 heteroatoms. The van der Waals surface area contributed by atoms with Crippen molar-refractivity contribution in [1.29, 1.82) is 0 Å². The van der Waals surface area contributed by atoms with Gasteiger partial charge in [-0.25, -0.2) is 12.7 Å². The van der Waals surface area contributed by atoms with Gasteiger partial charge in [0, 0.05) is 32.7 Å². The SMILES string of the molecule is CC(C)c1ccc2c(c1)CN(C(=O)c1cccc(S(=O)(=O)N(C)C)c1)CC2. The number of amides is 1. The maximum atomic E-state index is 13.0. The van der Waals surface area contributed by atoms with Crippen LogP contribution >= 0.6 is 0 Å². The summed E-state index contributed by atoms with van der Waals surface area (Å²) in [4.78, 5) is 14.9. The van der Waals surface area contributed by atoms with Crippen molar-refractivity contribution in [3.8, 4) is 0 Å². The summed E-state index contributed by atoms with van der Waals surface area (Å²) in [5.74, 6) is 0.306. The van der Waals surface area contributed by atoms with Crippen molar-refractivity contribution in [2.24, 2.45) is 0 Å². The number of nitrogens with zero attached hydrogens (tertiary/aromatic N) is 2. The summed E-state index contributed by atoms with van der Waals surface area (Å²) in [5.41, 5.74) is 4.13. The van der Waals surface area contributed by atoms with Gasteiger partial charge in [0.05, 0.1) is 4.90 Å². The number of sulfonamides is 1. The highest BCUT2D eigenvalue weighted by Crippen LogP contribution is 2.25. The van der Waals surface area contributed by atoms with Gasteiger partial charge in [-0.1, -0.05) is 38.1 Å². The molecule has 0 atom stereocenters. The maximum absolute atomic E-state index is 13.0. The Morgan fingerprint density at radius 1 is 1.07 bits per heavy atom. The quantitative estimate of drug-likeness (QED) is 0.810. The third-order valence-corrected chi connectivity index (χ3v) is 6.87. The molecular formula is C21H26N2O3S. The van der Waals surface area contributed by atoms with Crippen LogP contribution in [0.25, 0.3) is 0 Å². The molecule has 27 heavy (non-hydrogen) atoms. The number of hydrogen-bond acceptors (Lipinski definition) is 3. The Hall–Kier alpha value is -2.18. The monoisotopic (exact) mass is 386 g/mol. The van der Waals surface area contributed by atoms with Gasteiger partial charge in [-0.3, -0.25) is 4.79 Å². The second-order valence-electron chi connectivity index (χ2n) is 7.47. The van der Waals surface area contributed by atoms with Crippen LogP contribution in [0.5, 0.6) is 0 Å². The molecule has 2 aromatic carbocycles. The van der Waals surface area contributed by atoms with Gasteiger partial charge in [-0.2, -0.15) is 0 Å². The zero-order chi connectivity index (χ0) is 19.8. The Morgan fingerprint density at radius 3 is 2.48 bits per heavy atom. The summed E-state index contributed by atoms with van der Waals surface area (Å²) in [7, 11) is -0.597. The van der Waals surface area contributed by atoms with Crippen LogP contribution in [-0.4, -0.2) is 44.2 Å². The smallest absolute Gasteiger partial charge is 0.254 e. The molecular weight excluding hydrogens is 360 g/mol. The Labute approximate surface area is 161 Å². The molecule has 1 aliphatic heterocycles. The Balaban J connectivity index is 1.86. The normalized spacial score (nSPS) is 14.5. The first kappa shape index (κ1) is 19.6. The molecule has 0 aliphatic carbocycles. The van der Waals surface area contributed by atoms with E-state index in [1.807, 2.05) is 0 Å². The molecule has 0 N–H and O–H groups in total. The van der Waals surface area contributed by atoms with E-state index < -0.39 is 10.0 Å². The third-order valence-electron chi connectivity index (χ3n) is 5.06. The molecule has 0 fully saturated rings. The van der Waals surface area contributed by atoms with Crippen LogP contribution in [0.1, 0.15) is 46.8 Å². The van der Waals surface area contributed by atoms with Crippen molar-refractivity contribution in [3.05, 3.63) is 64.7 Å². The van der Waals surface area contributed by atoms with E-state index in [2.05, 4.69) is 32.0 Å². The van der Waals surface area contributed by atoms with E-state index in [1.54, 1.807) is 17.0 Å². The van der Waals surface area contributed by atoms with Gasteiger partial charge in [0.15, 0.2) is 0 Å². The number of rotatable bonds is 4. The molecule has 3 rings (SSSR count). The minimum atomic E-state index is -3.56. The lowest BCUT2D eigenvalue weighted by Gasteiger charge is -2.30. The van der Waals surface area contributed by atoms with Crippen molar-refractivity contribution >= 4 is 15.9 Å². The van der Waals surface area contributed by atoms with Crippen LogP contribution in [0.4, 0.5) is 0 Å². The number of benzene rings is 2. The molecule has 1 amide bonds. The van der Waals surface area contributed by atoms with Crippen LogP contribution in [0.3, 0.4) is 0 Å². The van der Waals surface area contributed by atoms with Gasteiger partial charge in [0.25, 0.3) is 5.91 Å². The van der Waals surface area contributed by atoms with Crippen molar-refractivity contribution in [3.63, 3.8) is 0 Å². The Kier molecular flexibility index (Phi) is 5.40. The summed E-state index contributed by atoms with van der Waals surface area (Å²) in [6, 6.07) is 12.8. The average molecular weight is 387 g/mol. The zero-order valence-electron chi connectivity index (χ0n) is 16.3. The Bertz CT molecular complexity index is 965. The molecule has 144 valence electrons. The average Bonchev–Trinajstić information content (AvgIpc) is 2.66. The third kappa shape index (κ3) is 3.92. The Morgan fingerprint density at radius 2 is 1.81 bits per heavy atom. The summed E-state index contributed by atoms with van der Waals surface area (Å²) in [5, 5.41) is 0. The largest absolute Gasteiger partial charge is 0.334 e. The highest BCUT2D eigenvalue weighted by atomic mass is 32.2. The molecule has 0 radical (unpaired) electrons. The van der Waals surface area contributed by atoms with E-state index in [0.29, 0.717) is 24.6 Å². The predicted molar refractivity (Wildman–Crippen MR) is 106 cm³/mol. The van der Waals surface area contributed by atoms with Crippen molar-refractivity contribution in [1.82, 2.24) is 9.21 Å². The van der Waals surface area contributed by atoms with Gasteiger partial charge in [0.1, 0.15) is 0 Å². The topological polar surface area (TPSA) is 57.7 Å². The van der Waals surface area contributed by atoms with Crippen LogP contribution in [0, 0.1) is 0 Å². The van der Waals surface area contributed by atoms with E-state index >= 15 is 0 Å². The maximum Gasteiger partial charge on any atom is 0.254 e. The fourth-order valence-corrected chi connectivity index (χ4v) is 4.24. The lowest BCUT2D eigenvalue weighted by Crippen LogP contribution is -2.36. The van der Waals surface area contributed by atoms with Crippen LogP contribution in [0.2, 0.25) is 0 Å². The number of hydrogen-bond donors (Lipinski definition) is 0. The van der Waals surface area contributed by atoms with E-state index in [4.69, 9.17) is 0 Å². The van der Waals surface area contributed by atoms with Gasteiger partial charge >= 0.3 is 0 Å². The fourth-order valence-electron chi connectivity index (χ4n) is 3.29. The van der Waals surface area contributed by atoms with Crippen molar-refractivity contribution in [2.75, 3.05) is 20.6 Å². The lowest BCUT2D eigenvalue weighted by molar-refractivity contribution is 0.0734. The first-order valence-electron chi connectivity index (χ1n) is 9.13. The highest BCUT2D eigenvalue weighted by molar-refractivity contribution is 7.89. The molecule has 0 saturated heterocycles. The number of carbonyl (C=O) groups is 1. The van der Waals surface area contributed by atoms with Crippen LogP contribution in [-0.2, 0) is 23.0 Å². The van der Waals surface area contributed by atoms with Gasteiger partial charge in [-0.05, 0) is 47.2 Å². The second kappa shape index (κ2) is 7.44. The minimum Gasteiger partial charge on any atom is -0.334 e. The van der Waals surface area contributed by atoms with Gasteiger partial charge in [0.2, 0.25) is 10.0 Å². The van der Waals surface area contributed by atoms with Crippen molar-refractivity contribution < 1.29 is 13.2 Å². The summed E-state index contributed by atoms with van der Waals surface area (Å²) >= 11 is 0. The number of carbonyl (C=O) groups excluding carboxylic acids is 1. The summed E-state index contributed by atoms with van der Waals surface area (Å²) in [6.07, 6.45) is 0.815. The molecule has 1 heterocycles. The fraction of sp³-hybridized carbons (Fsp3) is 0.381. The van der Waals surface area contributed by atoms with Crippen LogP contribution in [0.15, 0.2) is 47.4 Å². The second-order valence-corrected chi connectivity index (χ2v) is 9.63. The van der Waals surface area contributed by atoms with E-state index in [1.165, 1.54) is 42.9 Å². The molecule has 1 aliphatic rings. The zero-order valence-corrected chi connectivity index (χ0v) is 17.1. The summed E-state index contributed by atoms with van der Waals surface area (Å²) < 4.78 is 25.9. The van der Waals surface area contributed by atoms with Crippen LogP contribution < -0.4 is 0 Å². The highest BCUT2D eigenvalue weighted by Gasteiger charge is 2.24. The van der Waals surface area contributed by atoms with E-state index in [0.717, 1.165) is 10.7 Å². The molecule has 5 nitrogen and oxygen atoms in total. The summed E-state index contributed by atoms with van der Waals surface area (Å²) in [6.45, 7) is 5.51. The minimum absolute atomic E-state index is 0.133. The van der Waals surface area contributed by atoms with E-state index in [-0.39, 0.29) is 10.8 Å². The molecule has 0 unspecified atom stereocenters. The lowest BCUT2D eigenvalue weighted by atomic mass is 9.93. The first-order chi connectivity index (χ1) is 12.7. The van der Waals surface area contributed by atoms with E-state index in [9.17, 15) is 13.2 Å². The molecule has 0 spiro atoms. The van der Waals surface area contributed by atoms with Gasteiger partial charge in [-0.15, -0.1) is 0 Å². The molecule has 0 aromatic heterocycles.